The maximum absolute atomic E-state index is 9.98. The Bertz CT molecular complexity index is 173. The standard InChI is InChI=1S/C12H25NO2/c1-10(14)8-9-13(2)11-6-4-3-5-7-12(11)15/h10-12,14-15H,3-9H2,1-2H3. The van der Waals surface area contributed by atoms with E-state index in [4.69, 9.17) is 0 Å². The Morgan fingerprint density at radius 3 is 2.60 bits per heavy atom. The van der Waals surface area contributed by atoms with Gasteiger partial charge in [0.2, 0.25) is 0 Å². The Hall–Kier alpha value is -0.120. The van der Waals surface area contributed by atoms with Crippen molar-refractivity contribution in [2.75, 3.05) is 13.6 Å². The molecular weight excluding hydrogens is 190 g/mol. The van der Waals surface area contributed by atoms with E-state index in [1.807, 2.05) is 6.92 Å². The molecule has 90 valence electrons. The molecule has 3 nitrogen and oxygen atoms in total. The Labute approximate surface area is 93.1 Å². The first-order valence-electron chi connectivity index (χ1n) is 6.17. The van der Waals surface area contributed by atoms with E-state index < -0.39 is 0 Å². The van der Waals surface area contributed by atoms with Crippen LogP contribution in [0.2, 0.25) is 0 Å². The van der Waals surface area contributed by atoms with Gasteiger partial charge in [-0.05, 0) is 33.2 Å². The van der Waals surface area contributed by atoms with E-state index in [9.17, 15) is 10.2 Å². The topological polar surface area (TPSA) is 43.7 Å². The summed E-state index contributed by atoms with van der Waals surface area (Å²) in [5, 5.41) is 19.2. The first-order chi connectivity index (χ1) is 7.11. The van der Waals surface area contributed by atoms with E-state index in [-0.39, 0.29) is 12.2 Å². The first kappa shape index (κ1) is 12.9. The number of likely N-dealkylation sites (N-methyl/N-ethyl adjacent to an activating group) is 1. The molecule has 1 saturated carbocycles. The van der Waals surface area contributed by atoms with Gasteiger partial charge in [0.15, 0.2) is 0 Å². The molecule has 0 heterocycles. The summed E-state index contributed by atoms with van der Waals surface area (Å²) in [5.74, 6) is 0. The molecule has 0 aromatic heterocycles. The normalized spacial score (nSPS) is 30.2. The van der Waals surface area contributed by atoms with Crippen LogP contribution in [0.25, 0.3) is 0 Å². The van der Waals surface area contributed by atoms with E-state index in [0.717, 1.165) is 32.2 Å². The summed E-state index contributed by atoms with van der Waals surface area (Å²) in [6.07, 6.45) is 6.03. The number of nitrogens with zero attached hydrogens (tertiary/aromatic N) is 1. The van der Waals surface area contributed by atoms with E-state index in [0.29, 0.717) is 6.04 Å². The number of rotatable bonds is 4. The lowest BCUT2D eigenvalue weighted by Gasteiger charge is -2.31. The molecule has 0 radical (unpaired) electrons. The Kier molecular flexibility index (Phi) is 5.58. The smallest absolute Gasteiger partial charge is 0.0695 e. The Morgan fingerprint density at radius 2 is 1.93 bits per heavy atom. The molecule has 0 amide bonds. The summed E-state index contributed by atoms with van der Waals surface area (Å²) < 4.78 is 0. The molecule has 15 heavy (non-hydrogen) atoms. The quantitative estimate of drug-likeness (QED) is 0.696. The average Bonchev–Trinajstić information content (AvgIpc) is 2.39. The van der Waals surface area contributed by atoms with Crippen LogP contribution in [0, 0.1) is 0 Å². The van der Waals surface area contributed by atoms with Crippen LogP contribution in [0.5, 0.6) is 0 Å². The van der Waals surface area contributed by atoms with Crippen molar-refractivity contribution in [3.05, 3.63) is 0 Å². The van der Waals surface area contributed by atoms with Crippen molar-refractivity contribution >= 4 is 0 Å². The number of hydrogen-bond donors (Lipinski definition) is 2. The first-order valence-corrected chi connectivity index (χ1v) is 6.17. The maximum Gasteiger partial charge on any atom is 0.0695 e. The fourth-order valence-corrected chi connectivity index (χ4v) is 2.34. The van der Waals surface area contributed by atoms with E-state index >= 15 is 0 Å². The van der Waals surface area contributed by atoms with Gasteiger partial charge in [-0.2, -0.15) is 0 Å². The van der Waals surface area contributed by atoms with Crippen molar-refractivity contribution in [2.24, 2.45) is 0 Å². The van der Waals surface area contributed by atoms with Gasteiger partial charge in [-0.25, -0.2) is 0 Å². The Balaban J connectivity index is 2.37. The second-order valence-corrected chi connectivity index (χ2v) is 4.89. The van der Waals surface area contributed by atoms with Gasteiger partial charge in [0.05, 0.1) is 12.2 Å². The third-order valence-electron chi connectivity index (χ3n) is 3.41. The molecule has 3 heteroatoms. The molecule has 0 aliphatic heterocycles. The fourth-order valence-electron chi connectivity index (χ4n) is 2.34. The van der Waals surface area contributed by atoms with Crippen LogP contribution in [0.15, 0.2) is 0 Å². The van der Waals surface area contributed by atoms with Crippen molar-refractivity contribution in [1.82, 2.24) is 4.90 Å². The Morgan fingerprint density at radius 1 is 1.27 bits per heavy atom. The molecule has 3 atom stereocenters. The van der Waals surface area contributed by atoms with Gasteiger partial charge in [-0.3, -0.25) is 0 Å². The van der Waals surface area contributed by atoms with Crippen LogP contribution in [0.1, 0.15) is 45.4 Å². The summed E-state index contributed by atoms with van der Waals surface area (Å²) in [6.45, 7) is 2.69. The van der Waals surface area contributed by atoms with E-state index in [1.54, 1.807) is 0 Å². The van der Waals surface area contributed by atoms with Gasteiger partial charge in [0, 0.05) is 12.6 Å². The monoisotopic (exact) mass is 215 g/mol. The highest BCUT2D eigenvalue weighted by atomic mass is 16.3. The van der Waals surface area contributed by atoms with Crippen molar-refractivity contribution in [2.45, 2.75) is 63.7 Å². The van der Waals surface area contributed by atoms with Crippen LogP contribution < -0.4 is 0 Å². The van der Waals surface area contributed by atoms with Crippen molar-refractivity contribution in [3.8, 4) is 0 Å². The van der Waals surface area contributed by atoms with Crippen molar-refractivity contribution in [3.63, 3.8) is 0 Å². The zero-order valence-corrected chi connectivity index (χ0v) is 10.0. The third-order valence-corrected chi connectivity index (χ3v) is 3.41. The lowest BCUT2D eigenvalue weighted by Crippen LogP contribution is -2.41. The second-order valence-electron chi connectivity index (χ2n) is 4.89. The molecular formula is C12H25NO2. The minimum absolute atomic E-state index is 0.175. The van der Waals surface area contributed by atoms with Gasteiger partial charge >= 0.3 is 0 Å². The number of aliphatic hydroxyl groups excluding tert-OH is 2. The van der Waals surface area contributed by atoms with Crippen molar-refractivity contribution in [1.29, 1.82) is 0 Å². The summed E-state index contributed by atoms with van der Waals surface area (Å²) in [4.78, 5) is 2.21. The molecule has 0 aromatic rings. The average molecular weight is 215 g/mol. The largest absolute Gasteiger partial charge is 0.393 e. The zero-order chi connectivity index (χ0) is 11.3. The molecule has 0 saturated heterocycles. The molecule has 1 aliphatic carbocycles. The molecule has 1 fully saturated rings. The van der Waals surface area contributed by atoms with Gasteiger partial charge in [0.25, 0.3) is 0 Å². The minimum Gasteiger partial charge on any atom is -0.393 e. The molecule has 0 aromatic carbocycles. The summed E-state index contributed by atoms with van der Waals surface area (Å²) in [7, 11) is 2.06. The van der Waals surface area contributed by atoms with Crippen molar-refractivity contribution < 1.29 is 10.2 Å². The predicted octanol–water partition coefficient (Wildman–Crippen LogP) is 1.38. The SMILES string of the molecule is CC(O)CCN(C)C1CCCCCC1O. The summed E-state index contributed by atoms with van der Waals surface area (Å²) in [5.41, 5.74) is 0. The fraction of sp³-hybridized carbons (Fsp3) is 1.00. The molecule has 0 spiro atoms. The van der Waals surface area contributed by atoms with Crippen LogP contribution in [0.3, 0.4) is 0 Å². The molecule has 2 N–H and O–H groups in total. The van der Waals surface area contributed by atoms with Gasteiger partial charge < -0.3 is 15.1 Å². The lowest BCUT2D eigenvalue weighted by molar-refractivity contribution is 0.0501. The van der Waals surface area contributed by atoms with Crippen LogP contribution in [-0.4, -0.2) is 47.0 Å². The van der Waals surface area contributed by atoms with Crippen LogP contribution in [0.4, 0.5) is 0 Å². The highest BCUT2D eigenvalue weighted by Crippen LogP contribution is 2.21. The zero-order valence-electron chi connectivity index (χ0n) is 10.0. The van der Waals surface area contributed by atoms with Gasteiger partial charge in [0.1, 0.15) is 0 Å². The molecule has 1 aliphatic rings. The molecule has 0 bridgehead atoms. The van der Waals surface area contributed by atoms with Gasteiger partial charge in [-0.1, -0.05) is 19.3 Å². The lowest BCUT2D eigenvalue weighted by atomic mass is 10.0. The van der Waals surface area contributed by atoms with Crippen LogP contribution in [-0.2, 0) is 0 Å². The maximum atomic E-state index is 9.98. The minimum atomic E-state index is -0.240. The highest BCUT2D eigenvalue weighted by molar-refractivity contribution is 4.80. The number of aliphatic hydroxyl groups is 2. The second kappa shape index (κ2) is 6.46. The van der Waals surface area contributed by atoms with E-state index in [2.05, 4.69) is 11.9 Å². The van der Waals surface area contributed by atoms with Gasteiger partial charge in [-0.15, -0.1) is 0 Å². The molecule has 3 unspecified atom stereocenters. The summed E-state index contributed by atoms with van der Waals surface area (Å²) >= 11 is 0. The predicted molar refractivity (Wildman–Crippen MR) is 61.8 cm³/mol. The van der Waals surface area contributed by atoms with Crippen LogP contribution >= 0.6 is 0 Å². The summed E-state index contributed by atoms with van der Waals surface area (Å²) in [6, 6.07) is 0.297. The number of hydrogen-bond acceptors (Lipinski definition) is 3. The highest BCUT2D eigenvalue weighted by Gasteiger charge is 2.24. The van der Waals surface area contributed by atoms with E-state index in [1.165, 1.54) is 12.8 Å². The molecule has 1 rings (SSSR count). The third kappa shape index (κ3) is 4.49.